The van der Waals surface area contributed by atoms with Crippen molar-refractivity contribution in [2.45, 2.75) is 20.8 Å². The van der Waals surface area contributed by atoms with Crippen molar-refractivity contribution in [2.24, 2.45) is 0 Å². The first-order valence-electron chi connectivity index (χ1n) is 10.8. The maximum absolute atomic E-state index is 12.9. The van der Waals surface area contributed by atoms with Crippen molar-refractivity contribution in [3.63, 3.8) is 0 Å². The number of aryl methyl sites for hydroxylation is 3. The molecule has 0 bridgehead atoms. The minimum absolute atomic E-state index is 0.0831. The summed E-state index contributed by atoms with van der Waals surface area (Å²) in [6.07, 6.45) is 0. The molecule has 1 aromatic heterocycles. The van der Waals surface area contributed by atoms with Gasteiger partial charge in [-0.3, -0.25) is 4.79 Å². The Kier molecular flexibility index (Phi) is 6.25. The topological polar surface area (TPSA) is 70.6 Å². The summed E-state index contributed by atoms with van der Waals surface area (Å²) < 4.78 is 5.21. The van der Waals surface area contributed by atoms with Gasteiger partial charge in [0.2, 0.25) is 5.95 Å². The van der Waals surface area contributed by atoms with Gasteiger partial charge in [-0.2, -0.15) is 4.98 Å². The molecule has 4 rings (SSSR count). The van der Waals surface area contributed by atoms with E-state index in [1.807, 2.05) is 67.3 Å². The van der Waals surface area contributed by atoms with Gasteiger partial charge in [-0.05, 0) is 68.3 Å². The highest BCUT2D eigenvalue weighted by Gasteiger charge is 2.24. The summed E-state index contributed by atoms with van der Waals surface area (Å²) in [5.74, 6) is 2.31. The molecule has 3 aromatic rings. The molecule has 2 heterocycles. The minimum Gasteiger partial charge on any atom is -0.497 e. The van der Waals surface area contributed by atoms with E-state index in [1.54, 1.807) is 7.11 Å². The molecule has 1 aliphatic rings. The lowest BCUT2D eigenvalue weighted by atomic mass is 10.1. The van der Waals surface area contributed by atoms with Gasteiger partial charge in [-0.15, -0.1) is 0 Å². The predicted octanol–water partition coefficient (Wildman–Crippen LogP) is 4.12. The second-order valence-corrected chi connectivity index (χ2v) is 8.13. The van der Waals surface area contributed by atoms with E-state index in [0.717, 1.165) is 34.1 Å². The summed E-state index contributed by atoms with van der Waals surface area (Å²) in [6, 6.07) is 15.5. The molecule has 1 aliphatic heterocycles. The number of hydrogen-bond acceptors (Lipinski definition) is 6. The maximum atomic E-state index is 12.9. The standard InChI is InChI=1S/C25H29N5O2/c1-17-5-6-20(15-18(17)2)24(31)29-11-13-30(14-12-29)25-26-19(3)16-23(28-25)27-21-7-9-22(32-4)10-8-21/h5-10,15-16H,11-14H2,1-4H3,(H,26,27,28). The van der Waals surface area contributed by atoms with Crippen LogP contribution in [0.1, 0.15) is 27.2 Å². The normalized spacial score (nSPS) is 13.8. The number of rotatable bonds is 5. The van der Waals surface area contributed by atoms with E-state index in [0.29, 0.717) is 32.1 Å². The second kappa shape index (κ2) is 9.26. The van der Waals surface area contributed by atoms with Crippen LogP contribution in [0.25, 0.3) is 0 Å². The van der Waals surface area contributed by atoms with E-state index in [-0.39, 0.29) is 5.91 Å². The summed E-state index contributed by atoms with van der Waals surface area (Å²) in [6.45, 7) is 8.74. The molecule has 1 amide bonds. The Morgan fingerprint density at radius 2 is 1.62 bits per heavy atom. The first-order chi connectivity index (χ1) is 15.4. The number of anilines is 3. The SMILES string of the molecule is COc1ccc(Nc2cc(C)nc(N3CCN(C(=O)c4ccc(C)c(C)c4)CC3)n2)cc1. The van der Waals surface area contributed by atoms with Crippen LogP contribution >= 0.6 is 0 Å². The van der Waals surface area contributed by atoms with Crippen LogP contribution in [0, 0.1) is 20.8 Å². The van der Waals surface area contributed by atoms with Crippen molar-refractivity contribution < 1.29 is 9.53 Å². The van der Waals surface area contributed by atoms with Crippen LogP contribution in [-0.4, -0.2) is 54.1 Å². The minimum atomic E-state index is 0.0831. The van der Waals surface area contributed by atoms with E-state index in [2.05, 4.69) is 22.1 Å². The molecule has 0 aliphatic carbocycles. The smallest absolute Gasteiger partial charge is 0.253 e. The molecule has 1 saturated heterocycles. The third-order valence-corrected chi connectivity index (χ3v) is 5.81. The lowest BCUT2D eigenvalue weighted by molar-refractivity contribution is 0.0746. The summed E-state index contributed by atoms with van der Waals surface area (Å²) in [5, 5.41) is 3.34. The molecule has 166 valence electrons. The van der Waals surface area contributed by atoms with Crippen molar-refractivity contribution in [1.82, 2.24) is 14.9 Å². The van der Waals surface area contributed by atoms with Gasteiger partial charge in [-0.1, -0.05) is 6.07 Å². The van der Waals surface area contributed by atoms with Crippen molar-refractivity contribution in [1.29, 1.82) is 0 Å². The Morgan fingerprint density at radius 1 is 0.906 bits per heavy atom. The number of amides is 1. The van der Waals surface area contributed by atoms with Gasteiger partial charge in [0.1, 0.15) is 11.6 Å². The molecule has 0 unspecified atom stereocenters. The van der Waals surface area contributed by atoms with Gasteiger partial charge in [0, 0.05) is 49.2 Å². The summed E-state index contributed by atoms with van der Waals surface area (Å²) in [7, 11) is 1.65. The molecule has 0 atom stereocenters. The van der Waals surface area contributed by atoms with Crippen molar-refractivity contribution >= 4 is 23.4 Å². The molecule has 2 aromatic carbocycles. The molecule has 0 radical (unpaired) electrons. The Hall–Kier alpha value is -3.61. The van der Waals surface area contributed by atoms with Crippen molar-refractivity contribution in [2.75, 3.05) is 43.5 Å². The number of nitrogens with one attached hydrogen (secondary N) is 1. The van der Waals surface area contributed by atoms with Crippen LogP contribution in [0.5, 0.6) is 5.75 Å². The molecular formula is C25H29N5O2. The monoisotopic (exact) mass is 431 g/mol. The zero-order valence-corrected chi connectivity index (χ0v) is 19.1. The van der Waals surface area contributed by atoms with Gasteiger partial charge in [-0.25, -0.2) is 4.98 Å². The molecule has 32 heavy (non-hydrogen) atoms. The lowest BCUT2D eigenvalue weighted by Crippen LogP contribution is -2.49. The largest absolute Gasteiger partial charge is 0.497 e. The number of nitrogens with zero attached hydrogens (tertiary/aromatic N) is 4. The van der Waals surface area contributed by atoms with Crippen molar-refractivity contribution in [3.05, 3.63) is 70.9 Å². The van der Waals surface area contributed by atoms with E-state index < -0.39 is 0 Å². The first kappa shape index (κ1) is 21.6. The molecule has 0 spiro atoms. The maximum Gasteiger partial charge on any atom is 0.253 e. The van der Waals surface area contributed by atoms with E-state index in [1.165, 1.54) is 5.56 Å². The van der Waals surface area contributed by atoms with E-state index in [9.17, 15) is 4.79 Å². The number of aromatic nitrogens is 2. The van der Waals surface area contributed by atoms with Crippen LogP contribution in [0.3, 0.4) is 0 Å². The predicted molar refractivity (Wildman–Crippen MR) is 127 cm³/mol. The van der Waals surface area contributed by atoms with Gasteiger partial charge in [0.15, 0.2) is 0 Å². The third-order valence-electron chi connectivity index (χ3n) is 5.81. The van der Waals surface area contributed by atoms with Crippen LogP contribution in [0.15, 0.2) is 48.5 Å². The summed E-state index contributed by atoms with van der Waals surface area (Å²) in [4.78, 5) is 26.3. The fourth-order valence-corrected chi connectivity index (χ4v) is 3.75. The van der Waals surface area contributed by atoms with Gasteiger partial charge in [0.05, 0.1) is 7.11 Å². The molecule has 1 fully saturated rings. The third kappa shape index (κ3) is 4.82. The zero-order chi connectivity index (χ0) is 22.7. The van der Waals surface area contributed by atoms with Crippen LogP contribution in [0.4, 0.5) is 17.5 Å². The number of piperazine rings is 1. The fourth-order valence-electron chi connectivity index (χ4n) is 3.75. The highest BCUT2D eigenvalue weighted by Crippen LogP contribution is 2.22. The average Bonchev–Trinajstić information content (AvgIpc) is 2.80. The Morgan fingerprint density at radius 3 is 2.28 bits per heavy atom. The first-order valence-corrected chi connectivity index (χ1v) is 10.8. The molecule has 0 saturated carbocycles. The van der Waals surface area contributed by atoms with Crippen molar-refractivity contribution in [3.8, 4) is 5.75 Å². The van der Waals surface area contributed by atoms with Crippen LogP contribution < -0.4 is 15.0 Å². The van der Waals surface area contributed by atoms with E-state index in [4.69, 9.17) is 9.72 Å². The number of benzene rings is 2. The highest BCUT2D eigenvalue weighted by molar-refractivity contribution is 5.94. The quantitative estimate of drug-likeness (QED) is 0.655. The lowest BCUT2D eigenvalue weighted by Gasteiger charge is -2.35. The zero-order valence-electron chi connectivity index (χ0n) is 19.1. The molecular weight excluding hydrogens is 402 g/mol. The summed E-state index contributed by atoms with van der Waals surface area (Å²) in [5.41, 5.74) is 4.90. The van der Waals surface area contributed by atoms with Gasteiger partial charge < -0.3 is 19.9 Å². The number of methoxy groups -OCH3 is 1. The number of hydrogen-bond donors (Lipinski definition) is 1. The Bertz CT molecular complexity index is 1110. The molecule has 1 N–H and O–H groups in total. The fraction of sp³-hybridized carbons (Fsp3) is 0.320. The van der Waals surface area contributed by atoms with E-state index >= 15 is 0 Å². The summed E-state index contributed by atoms with van der Waals surface area (Å²) >= 11 is 0. The number of carbonyl (C=O) groups excluding carboxylic acids is 1. The van der Waals surface area contributed by atoms with Crippen LogP contribution in [-0.2, 0) is 0 Å². The number of carbonyl (C=O) groups is 1. The van der Waals surface area contributed by atoms with Gasteiger partial charge in [0.25, 0.3) is 5.91 Å². The molecule has 7 nitrogen and oxygen atoms in total. The van der Waals surface area contributed by atoms with Gasteiger partial charge >= 0.3 is 0 Å². The second-order valence-electron chi connectivity index (χ2n) is 8.13. The van der Waals surface area contributed by atoms with Crippen LogP contribution in [0.2, 0.25) is 0 Å². The molecule has 7 heteroatoms. The highest BCUT2D eigenvalue weighted by atomic mass is 16.5. The Labute approximate surface area is 189 Å². The number of ether oxygens (including phenoxy) is 1. The Balaban J connectivity index is 1.42. The average molecular weight is 432 g/mol.